The first-order valence-corrected chi connectivity index (χ1v) is 13.7. The van der Waals surface area contributed by atoms with E-state index in [1.54, 1.807) is 0 Å². The van der Waals surface area contributed by atoms with E-state index in [0.29, 0.717) is 0 Å². The second kappa shape index (κ2) is 11.0. The van der Waals surface area contributed by atoms with E-state index in [1.807, 2.05) is 0 Å². The summed E-state index contributed by atoms with van der Waals surface area (Å²) in [4.78, 5) is 52.0. The van der Waals surface area contributed by atoms with Gasteiger partial charge in [0.1, 0.15) is 24.2 Å². The summed E-state index contributed by atoms with van der Waals surface area (Å²) in [6.45, 7) is -2.71. The molecule has 17 nitrogen and oxygen atoms in total. The highest BCUT2D eigenvalue weighted by molar-refractivity contribution is 7.72. The molecule has 0 radical (unpaired) electrons. The van der Waals surface area contributed by atoms with Gasteiger partial charge in [-0.15, -0.1) is 11.6 Å². The first-order valence-electron chi connectivity index (χ1n) is 10.0. The summed E-state index contributed by atoms with van der Waals surface area (Å²) in [5, 5.41) is 17.3. The summed E-state index contributed by atoms with van der Waals surface area (Å²) in [5.74, 6) is -1.52. The van der Waals surface area contributed by atoms with Crippen molar-refractivity contribution in [3.05, 3.63) is 16.7 Å². The SMILES string of the molecule is Nc1nc2c(ncn2C2OC(COP(=O)(O)C(F)(F)P(=O)(O)OCCNC(=O)CCl)C(O)C2O)c(=O)[nH]1. The van der Waals surface area contributed by atoms with Gasteiger partial charge < -0.3 is 44.8 Å². The summed E-state index contributed by atoms with van der Waals surface area (Å²) < 4.78 is 67.7. The number of amides is 1. The van der Waals surface area contributed by atoms with Crippen molar-refractivity contribution in [2.45, 2.75) is 29.9 Å². The topological polar surface area (TPSA) is 261 Å². The van der Waals surface area contributed by atoms with E-state index in [1.165, 1.54) is 0 Å². The number of imidazole rings is 1. The number of aromatic nitrogens is 4. The number of nitrogens with zero attached hydrogens (tertiary/aromatic N) is 3. The van der Waals surface area contributed by atoms with Crippen LogP contribution in [0.4, 0.5) is 14.7 Å². The van der Waals surface area contributed by atoms with Crippen LogP contribution in [0.1, 0.15) is 6.23 Å². The first-order chi connectivity index (χ1) is 17.1. The number of H-pyrrole nitrogens is 1. The van der Waals surface area contributed by atoms with Gasteiger partial charge in [0.25, 0.3) is 5.56 Å². The predicted molar refractivity (Wildman–Crippen MR) is 119 cm³/mol. The first kappa shape index (κ1) is 29.5. The van der Waals surface area contributed by atoms with E-state index in [2.05, 4.69) is 29.3 Å². The lowest BCUT2D eigenvalue weighted by Gasteiger charge is -2.26. The van der Waals surface area contributed by atoms with Crippen molar-refractivity contribution in [3.63, 3.8) is 0 Å². The van der Waals surface area contributed by atoms with Crippen molar-refractivity contribution in [2.75, 3.05) is 31.4 Å². The minimum Gasteiger partial charge on any atom is -0.387 e. The largest absolute Gasteiger partial charge is 0.443 e. The zero-order valence-corrected chi connectivity index (χ0v) is 20.9. The molecule has 3 rings (SSSR count). The molecule has 1 aliphatic rings. The molecule has 8 N–H and O–H groups in total. The van der Waals surface area contributed by atoms with E-state index in [4.69, 9.17) is 22.1 Å². The molecular weight excluding hydrogens is 576 g/mol. The molecule has 1 saturated heterocycles. The second-order valence-electron chi connectivity index (χ2n) is 7.48. The molecular formula is C15H21ClF2N6O11P2. The minimum absolute atomic E-state index is 0.168. The van der Waals surface area contributed by atoms with Gasteiger partial charge in [0, 0.05) is 6.54 Å². The van der Waals surface area contributed by atoms with Crippen LogP contribution in [-0.2, 0) is 27.7 Å². The van der Waals surface area contributed by atoms with Crippen LogP contribution >= 0.6 is 26.8 Å². The lowest BCUT2D eigenvalue weighted by Crippen LogP contribution is -2.34. The molecule has 1 aliphatic heterocycles. The lowest BCUT2D eigenvalue weighted by molar-refractivity contribution is -0.118. The molecule has 6 unspecified atom stereocenters. The maximum atomic E-state index is 14.4. The Morgan fingerprint density at radius 1 is 1.30 bits per heavy atom. The van der Waals surface area contributed by atoms with Gasteiger partial charge in [0.05, 0.1) is 19.5 Å². The van der Waals surface area contributed by atoms with Crippen LogP contribution in [0, 0.1) is 0 Å². The van der Waals surface area contributed by atoms with Crippen molar-refractivity contribution < 1.29 is 56.5 Å². The number of hydrogen-bond acceptors (Lipinski definition) is 12. The summed E-state index contributed by atoms with van der Waals surface area (Å²) in [6.07, 6.45) is -5.88. The maximum Gasteiger partial charge on any atom is 0.443 e. The summed E-state index contributed by atoms with van der Waals surface area (Å²) in [7, 11) is -12.4. The van der Waals surface area contributed by atoms with Gasteiger partial charge >= 0.3 is 20.6 Å². The van der Waals surface area contributed by atoms with Crippen LogP contribution in [-0.4, -0.2) is 94.8 Å². The number of nitrogen functional groups attached to an aromatic ring is 1. The molecule has 0 spiro atoms. The number of nitrogens with one attached hydrogen (secondary N) is 2. The quantitative estimate of drug-likeness (QED) is 0.0897. The van der Waals surface area contributed by atoms with Crippen molar-refractivity contribution in [1.82, 2.24) is 24.8 Å². The molecule has 2 aromatic rings. The number of nitrogens with two attached hydrogens (primary N) is 1. The van der Waals surface area contributed by atoms with Gasteiger partial charge in [-0.25, -0.2) is 4.98 Å². The van der Waals surface area contributed by atoms with Crippen LogP contribution in [0.2, 0.25) is 0 Å². The third-order valence-corrected chi connectivity index (χ3v) is 9.12. The number of hydrogen-bond donors (Lipinski definition) is 7. The van der Waals surface area contributed by atoms with Gasteiger partial charge in [-0.3, -0.25) is 28.3 Å². The summed E-state index contributed by atoms with van der Waals surface area (Å²) >= 11 is 5.20. The van der Waals surface area contributed by atoms with Gasteiger partial charge in [0.2, 0.25) is 11.9 Å². The number of ether oxygens (including phenoxy) is 1. The van der Waals surface area contributed by atoms with Crippen molar-refractivity contribution in [2.24, 2.45) is 0 Å². The van der Waals surface area contributed by atoms with Crippen LogP contribution < -0.4 is 16.6 Å². The molecule has 37 heavy (non-hydrogen) atoms. The average Bonchev–Trinajstić information content (AvgIpc) is 3.36. The molecule has 208 valence electrons. The molecule has 0 saturated carbocycles. The van der Waals surface area contributed by atoms with Crippen LogP contribution in [0.3, 0.4) is 0 Å². The molecule has 1 fully saturated rings. The fourth-order valence-corrected chi connectivity index (χ4v) is 5.84. The molecule has 1 amide bonds. The van der Waals surface area contributed by atoms with E-state index in [-0.39, 0.29) is 17.1 Å². The maximum absolute atomic E-state index is 14.4. The van der Waals surface area contributed by atoms with E-state index < -0.39 is 82.2 Å². The molecule has 0 bridgehead atoms. The fraction of sp³-hybridized carbons (Fsp3) is 0.600. The van der Waals surface area contributed by atoms with Gasteiger partial charge in [0.15, 0.2) is 17.4 Å². The monoisotopic (exact) mass is 596 g/mol. The Balaban J connectivity index is 1.69. The third kappa shape index (κ3) is 5.85. The Morgan fingerprint density at radius 2 is 1.95 bits per heavy atom. The van der Waals surface area contributed by atoms with Crippen molar-refractivity contribution >= 4 is 49.8 Å². The molecule has 3 heterocycles. The molecule has 22 heteroatoms. The van der Waals surface area contributed by atoms with Crippen LogP contribution in [0.5, 0.6) is 0 Å². The molecule has 0 aliphatic carbocycles. The van der Waals surface area contributed by atoms with Gasteiger partial charge in [-0.1, -0.05) is 0 Å². The number of anilines is 1. The highest BCUT2D eigenvalue weighted by Crippen LogP contribution is 2.75. The number of aromatic amines is 1. The number of carbonyl (C=O) groups excluding carboxylic acids is 1. The van der Waals surface area contributed by atoms with Crippen molar-refractivity contribution in [3.8, 4) is 0 Å². The Bertz CT molecular complexity index is 1310. The number of rotatable bonds is 11. The Kier molecular flexibility index (Phi) is 8.75. The summed E-state index contributed by atoms with van der Waals surface area (Å²) in [5.41, 5.74) is 4.38. The Morgan fingerprint density at radius 3 is 2.59 bits per heavy atom. The fourth-order valence-electron chi connectivity index (χ4n) is 3.12. The van der Waals surface area contributed by atoms with Gasteiger partial charge in [-0.2, -0.15) is 13.8 Å². The number of fused-ring (bicyclic) bond motifs is 1. The second-order valence-corrected chi connectivity index (χ2v) is 11.8. The Labute approximate surface area is 209 Å². The molecule has 6 atom stereocenters. The number of halogens is 3. The highest BCUT2D eigenvalue weighted by atomic mass is 35.5. The standard InChI is InChI=1S/C15H21ClF2N6O11P2/c16-3-7(25)20-1-2-33-36(29,30)15(17,18)37(31,32)34-4-6-9(26)10(27)13(35-6)24-5-21-8-11(24)22-14(19)23-12(8)28/h5-6,9-10,13,26-27H,1-4H2,(H,20,25)(H,29,30)(H,31,32)(H3,19,22,23,28). The third-order valence-electron chi connectivity index (χ3n) is 4.97. The number of alkyl halides is 3. The lowest BCUT2D eigenvalue weighted by atomic mass is 10.1. The normalized spacial score (nSPS) is 25.6. The number of carbonyl (C=O) groups is 1. The highest BCUT2D eigenvalue weighted by Gasteiger charge is 2.66. The average molecular weight is 597 g/mol. The summed E-state index contributed by atoms with van der Waals surface area (Å²) in [6, 6.07) is 0. The smallest absolute Gasteiger partial charge is 0.387 e. The van der Waals surface area contributed by atoms with E-state index in [0.717, 1.165) is 10.9 Å². The van der Waals surface area contributed by atoms with E-state index >= 15 is 0 Å². The minimum atomic E-state index is -6.27. The number of aliphatic hydroxyl groups is 2. The zero-order chi connectivity index (χ0) is 27.8. The van der Waals surface area contributed by atoms with E-state index in [9.17, 15) is 47.5 Å². The van der Waals surface area contributed by atoms with Crippen LogP contribution in [0.15, 0.2) is 11.1 Å². The zero-order valence-electron chi connectivity index (χ0n) is 18.3. The van der Waals surface area contributed by atoms with Crippen LogP contribution in [0.25, 0.3) is 11.2 Å². The molecule has 0 aromatic carbocycles. The van der Waals surface area contributed by atoms with Gasteiger partial charge in [-0.05, 0) is 0 Å². The molecule has 2 aromatic heterocycles. The Hall–Kier alpha value is -2.05. The predicted octanol–water partition coefficient (Wildman–Crippen LogP) is -1.37. The van der Waals surface area contributed by atoms with Crippen molar-refractivity contribution in [1.29, 1.82) is 0 Å². The number of aliphatic hydroxyl groups excluding tert-OH is 2.